The van der Waals surface area contributed by atoms with E-state index in [9.17, 15) is 9.59 Å². The van der Waals surface area contributed by atoms with Crippen LogP contribution >= 0.6 is 11.8 Å². The van der Waals surface area contributed by atoms with Crippen LogP contribution < -0.4 is 15.7 Å². The van der Waals surface area contributed by atoms with Gasteiger partial charge in [0.1, 0.15) is 10.8 Å². The highest BCUT2D eigenvalue weighted by Gasteiger charge is 2.17. The summed E-state index contributed by atoms with van der Waals surface area (Å²) >= 11 is 1.35. The number of aryl methyl sites for hydroxylation is 1. The Morgan fingerprint density at radius 3 is 2.81 bits per heavy atom. The molecular weight excluding hydrogens is 350 g/mol. The number of fused-ring (bicyclic) bond motifs is 1. The molecule has 1 amide bonds. The number of ether oxygens (including phenoxy) is 1. The highest BCUT2D eigenvalue weighted by atomic mass is 32.2. The van der Waals surface area contributed by atoms with Gasteiger partial charge in [0, 0.05) is 17.8 Å². The fourth-order valence-corrected chi connectivity index (χ4v) is 3.96. The zero-order chi connectivity index (χ0) is 18.4. The number of H-pyrrole nitrogens is 1. The third kappa shape index (κ3) is 4.88. The van der Waals surface area contributed by atoms with Gasteiger partial charge in [-0.05, 0) is 49.8 Å². The summed E-state index contributed by atoms with van der Waals surface area (Å²) in [5.41, 5.74) is 2.91. The van der Waals surface area contributed by atoms with Gasteiger partial charge in [-0.2, -0.15) is 4.98 Å². The van der Waals surface area contributed by atoms with Crippen LogP contribution in [0, 0.1) is 0 Å². The number of nitrogens with one attached hydrogen (secondary N) is 2. The molecule has 0 bridgehead atoms. The van der Waals surface area contributed by atoms with Crippen LogP contribution in [-0.2, 0) is 24.1 Å². The average Bonchev–Trinajstić information content (AvgIpc) is 2.66. The Bertz CT molecular complexity index is 818. The third-order valence-corrected chi connectivity index (χ3v) is 5.44. The van der Waals surface area contributed by atoms with Gasteiger partial charge in [-0.1, -0.05) is 23.9 Å². The summed E-state index contributed by atoms with van der Waals surface area (Å²) in [4.78, 5) is 30.7. The van der Waals surface area contributed by atoms with Crippen molar-refractivity contribution in [2.45, 2.75) is 37.1 Å². The van der Waals surface area contributed by atoms with Crippen molar-refractivity contribution >= 4 is 17.7 Å². The Balaban J connectivity index is 1.48. The first-order valence-corrected chi connectivity index (χ1v) is 9.79. The summed E-state index contributed by atoms with van der Waals surface area (Å²) in [5, 5.41) is 3.62. The number of benzene rings is 1. The monoisotopic (exact) mass is 373 g/mol. The van der Waals surface area contributed by atoms with Gasteiger partial charge in [0.25, 0.3) is 0 Å². The number of hydrogen-bond donors (Lipinski definition) is 2. The molecule has 1 aliphatic carbocycles. The molecule has 0 spiro atoms. The Morgan fingerprint density at radius 1 is 1.27 bits per heavy atom. The van der Waals surface area contributed by atoms with E-state index in [1.807, 2.05) is 24.3 Å². The lowest BCUT2D eigenvalue weighted by molar-refractivity contribution is -0.118. The van der Waals surface area contributed by atoms with E-state index in [-0.39, 0.29) is 17.3 Å². The van der Waals surface area contributed by atoms with Crippen molar-refractivity contribution in [3.63, 3.8) is 0 Å². The number of thioether (sulfide) groups is 1. The third-order valence-electron chi connectivity index (χ3n) is 4.42. The largest absolute Gasteiger partial charge is 0.497 e. The number of methoxy groups -OCH3 is 1. The lowest BCUT2D eigenvalue weighted by Crippen LogP contribution is -2.27. The standard InChI is InChI=1S/C19H23N3O3S/c1-25-14-8-6-13(7-9-14)10-11-20-17(23)12-26-18-15-4-2-3-5-16(15)21-19(24)22-18/h6-9H,2-5,10-12H2,1H3,(H,20,23)(H,21,22,24). The molecule has 1 aliphatic rings. The van der Waals surface area contributed by atoms with Crippen LogP contribution in [0.5, 0.6) is 5.75 Å². The van der Waals surface area contributed by atoms with Gasteiger partial charge in [-0.3, -0.25) is 4.79 Å². The van der Waals surface area contributed by atoms with Gasteiger partial charge in [-0.25, -0.2) is 4.79 Å². The number of carbonyl (C=O) groups is 1. The zero-order valence-electron chi connectivity index (χ0n) is 14.8. The highest BCUT2D eigenvalue weighted by molar-refractivity contribution is 7.99. The van der Waals surface area contributed by atoms with E-state index in [1.54, 1.807) is 7.11 Å². The number of hydrogen-bond acceptors (Lipinski definition) is 5. The van der Waals surface area contributed by atoms with Gasteiger partial charge in [0.15, 0.2) is 0 Å². The molecule has 0 aliphatic heterocycles. The Morgan fingerprint density at radius 2 is 2.04 bits per heavy atom. The molecule has 0 radical (unpaired) electrons. The van der Waals surface area contributed by atoms with Crippen LogP contribution in [0.25, 0.3) is 0 Å². The molecule has 138 valence electrons. The van der Waals surface area contributed by atoms with Crippen molar-refractivity contribution in [1.82, 2.24) is 15.3 Å². The average molecular weight is 373 g/mol. The zero-order valence-corrected chi connectivity index (χ0v) is 15.7. The molecule has 0 saturated carbocycles. The smallest absolute Gasteiger partial charge is 0.346 e. The molecule has 2 aromatic rings. The van der Waals surface area contributed by atoms with E-state index in [0.29, 0.717) is 11.6 Å². The van der Waals surface area contributed by atoms with Gasteiger partial charge in [0.05, 0.1) is 12.9 Å². The van der Waals surface area contributed by atoms with Crippen LogP contribution in [0.3, 0.4) is 0 Å². The van der Waals surface area contributed by atoms with Crippen molar-refractivity contribution in [1.29, 1.82) is 0 Å². The second kappa shape index (κ2) is 8.89. The minimum Gasteiger partial charge on any atom is -0.497 e. The van der Waals surface area contributed by atoms with Crippen LogP contribution in [0.1, 0.15) is 29.7 Å². The maximum absolute atomic E-state index is 12.1. The Hall–Kier alpha value is -2.28. The molecule has 2 N–H and O–H groups in total. The van der Waals surface area contributed by atoms with E-state index in [1.165, 1.54) is 11.8 Å². The second-order valence-electron chi connectivity index (χ2n) is 6.25. The Labute approximate surface area is 156 Å². The lowest BCUT2D eigenvalue weighted by atomic mass is 9.98. The highest BCUT2D eigenvalue weighted by Crippen LogP contribution is 2.26. The van der Waals surface area contributed by atoms with E-state index < -0.39 is 0 Å². The molecule has 0 unspecified atom stereocenters. The molecule has 1 aromatic carbocycles. The molecule has 6 nitrogen and oxygen atoms in total. The quantitative estimate of drug-likeness (QED) is 0.574. The van der Waals surface area contributed by atoms with Crippen LogP contribution in [0.15, 0.2) is 34.1 Å². The van der Waals surface area contributed by atoms with Crippen LogP contribution in [0.4, 0.5) is 0 Å². The first kappa shape index (κ1) is 18.5. The predicted molar refractivity (Wildman–Crippen MR) is 102 cm³/mol. The summed E-state index contributed by atoms with van der Waals surface area (Å²) in [6, 6.07) is 7.81. The summed E-state index contributed by atoms with van der Waals surface area (Å²) < 4.78 is 5.13. The number of carbonyl (C=O) groups excluding carboxylic acids is 1. The number of aromatic nitrogens is 2. The van der Waals surface area contributed by atoms with Crippen molar-refractivity contribution in [3.8, 4) is 5.75 Å². The second-order valence-corrected chi connectivity index (χ2v) is 7.21. The van der Waals surface area contributed by atoms with E-state index in [2.05, 4.69) is 15.3 Å². The fraction of sp³-hybridized carbons (Fsp3) is 0.421. The SMILES string of the molecule is COc1ccc(CCNC(=O)CSc2nc(=O)[nH]c3c2CCCC3)cc1. The maximum atomic E-state index is 12.1. The van der Waals surface area contributed by atoms with E-state index in [4.69, 9.17) is 4.74 Å². The van der Waals surface area contributed by atoms with Gasteiger partial charge in [0.2, 0.25) is 5.91 Å². The Kier molecular flexibility index (Phi) is 6.33. The fourth-order valence-electron chi connectivity index (χ4n) is 3.04. The molecule has 0 saturated heterocycles. The molecule has 0 fully saturated rings. The van der Waals surface area contributed by atoms with E-state index in [0.717, 1.165) is 54.7 Å². The van der Waals surface area contributed by atoms with Crippen LogP contribution in [0.2, 0.25) is 0 Å². The predicted octanol–water partition coefficient (Wildman–Crippen LogP) is 2.11. The molecule has 7 heteroatoms. The lowest BCUT2D eigenvalue weighted by Gasteiger charge is -2.17. The molecule has 3 rings (SSSR count). The minimum atomic E-state index is -0.326. The molecule has 1 heterocycles. The summed E-state index contributed by atoms with van der Waals surface area (Å²) in [5.74, 6) is 1.05. The van der Waals surface area contributed by atoms with Crippen molar-refractivity contribution in [2.24, 2.45) is 0 Å². The maximum Gasteiger partial charge on any atom is 0.346 e. The first-order valence-electron chi connectivity index (χ1n) is 8.80. The van der Waals surface area contributed by atoms with Crippen molar-refractivity contribution in [2.75, 3.05) is 19.4 Å². The number of aromatic amines is 1. The van der Waals surface area contributed by atoms with Crippen molar-refractivity contribution < 1.29 is 9.53 Å². The van der Waals surface area contributed by atoms with Gasteiger partial charge in [-0.15, -0.1) is 0 Å². The summed E-state index contributed by atoms with van der Waals surface area (Å²) in [6.45, 7) is 0.576. The minimum absolute atomic E-state index is 0.0462. The number of rotatable bonds is 7. The van der Waals surface area contributed by atoms with E-state index >= 15 is 0 Å². The number of amides is 1. The molecule has 0 atom stereocenters. The molecule has 26 heavy (non-hydrogen) atoms. The summed E-state index contributed by atoms with van der Waals surface area (Å²) in [6.07, 6.45) is 4.75. The molecule has 1 aromatic heterocycles. The normalized spacial score (nSPS) is 13.1. The first-order chi connectivity index (χ1) is 12.7. The number of nitrogens with zero attached hydrogens (tertiary/aromatic N) is 1. The van der Waals surface area contributed by atoms with Crippen LogP contribution in [-0.4, -0.2) is 35.3 Å². The summed E-state index contributed by atoms with van der Waals surface area (Å²) in [7, 11) is 1.64. The van der Waals surface area contributed by atoms with Gasteiger partial charge < -0.3 is 15.0 Å². The van der Waals surface area contributed by atoms with Gasteiger partial charge >= 0.3 is 5.69 Å². The van der Waals surface area contributed by atoms with Crippen molar-refractivity contribution in [3.05, 3.63) is 51.6 Å². The topological polar surface area (TPSA) is 84.1 Å². The molecular formula is C19H23N3O3S.